The second-order valence-electron chi connectivity index (χ2n) is 5.68. The summed E-state index contributed by atoms with van der Waals surface area (Å²) in [6, 6.07) is 0. The van der Waals surface area contributed by atoms with Crippen LogP contribution in [0.3, 0.4) is 0 Å². The van der Waals surface area contributed by atoms with Crippen LogP contribution < -0.4 is 0 Å². The van der Waals surface area contributed by atoms with E-state index in [-0.39, 0.29) is 18.1 Å². The number of rotatable bonds is 4. The van der Waals surface area contributed by atoms with Crippen LogP contribution in [-0.2, 0) is 14.3 Å². The zero-order chi connectivity index (χ0) is 12.9. The standard InChI is InChI=1S/C13H25NO3/c1-13(2,3)17-10-12(15)14-7-5-11(6-8-14)9-16-4/h11H,5-10H2,1-4H3. The molecule has 1 fully saturated rings. The molecule has 0 saturated carbocycles. The highest BCUT2D eigenvalue weighted by Crippen LogP contribution is 2.17. The van der Waals surface area contributed by atoms with Crippen LogP contribution in [0.5, 0.6) is 0 Å². The maximum absolute atomic E-state index is 11.9. The van der Waals surface area contributed by atoms with Crippen molar-refractivity contribution in [2.24, 2.45) is 5.92 Å². The van der Waals surface area contributed by atoms with Gasteiger partial charge in [0.25, 0.3) is 0 Å². The van der Waals surface area contributed by atoms with Crippen molar-refractivity contribution in [3.8, 4) is 0 Å². The van der Waals surface area contributed by atoms with E-state index in [1.165, 1.54) is 0 Å². The van der Waals surface area contributed by atoms with Crippen molar-refractivity contribution in [3.63, 3.8) is 0 Å². The predicted octanol–water partition coefficient (Wildman–Crippen LogP) is 1.69. The largest absolute Gasteiger partial charge is 0.384 e. The lowest BCUT2D eigenvalue weighted by atomic mass is 9.98. The fraction of sp³-hybridized carbons (Fsp3) is 0.923. The molecule has 0 atom stereocenters. The molecule has 1 aliphatic heterocycles. The highest BCUT2D eigenvalue weighted by atomic mass is 16.5. The van der Waals surface area contributed by atoms with Crippen molar-refractivity contribution in [2.45, 2.75) is 39.2 Å². The highest BCUT2D eigenvalue weighted by Gasteiger charge is 2.23. The Labute approximate surface area is 104 Å². The lowest BCUT2D eigenvalue weighted by Gasteiger charge is -2.32. The summed E-state index contributed by atoms with van der Waals surface area (Å²) in [5.74, 6) is 0.711. The lowest BCUT2D eigenvalue weighted by Crippen LogP contribution is -2.42. The zero-order valence-corrected chi connectivity index (χ0v) is 11.5. The van der Waals surface area contributed by atoms with Gasteiger partial charge in [-0.25, -0.2) is 0 Å². The van der Waals surface area contributed by atoms with Gasteiger partial charge < -0.3 is 14.4 Å². The monoisotopic (exact) mass is 243 g/mol. The van der Waals surface area contributed by atoms with E-state index in [2.05, 4.69) is 0 Å². The molecule has 1 rings (SSSR count). The fourth-order valence-electron chi connectivity index (χ4n) is 1.95. The quantitative estimate of drug-likeness (QED) is 0.754. The van der Waals surface area contributed by atoms with Crippen LogP contribution in [0, 0.1) is 5.92 Å². The second-order valence-corrected chi connectivity index (χ2v) is 5.68. The van der Waals surface area contributed by atoms with E-state index in [0.29, 0.717) is 5.92 Å². The highest BCUT2D eigenvalue weighted by molar-refractivity contribution is 5.77. The molecule has 0 radical (unpaired) electrons. The molecular weight excluding hydrogens is 218 g/mol. The Morgan fingerprint density at radius 2 is 1.88 bits per heavy atom. The summed E-state index contributed by atoms with van der Waals surface area (Å²) in [4.78, 5) is 13.8. The van der Waals surface area contributed by atoms with E-state index in [0.717, 1.165) is 32.5 Å². The molecule has 0 aromatic heterocycles. The van der Waals surface area contributed by atoms with E-state index in [9.17, 15) is 4.79 Å². The Bertz CT molecular complexity index is 240. The van der Waals surface area contributed by atoms with Gasteiger partial charge >= 0.3 is 0 Å². The molecule has 4 nitrogen and oxygen atoms in total. The second kappa shape index (κ2) is 6.36. The van der Waals surface area contributed by atoms with Gasteiger partial charge in [-0.2, -0.15) is 0 Å². The summed E-state index contributed by atoms with van der Waals surface area (Å²) >= 11 is 0. The SMILES string of the molecule is COCC1CCN(C(=O)COC(C)(C)C)CC1. The minimum Gasteiger partial charge on any atom is -0.384 e. The maximum Gasteiger partial charge on any atom is 0.248 e. The molecule has 1 amide bonds. The Balaban J connectivity index is 2.26. The molecule has 17 heavy (non-hydrogen) atoms. The number of ether oxygens (including phenoxy) is 2. The van der Waals surface area contributed by atoms with Crippen molar-refractivity contribution in [3.05, 3.63) is 0 Å². The number of amides is 1. The van der Waals surface area contributed by atoms with E-state index in [1.54, 1.807) is 7.11 Å². The van der Waals surface area contributed by atoms with Crippen molar-refractivity contribution >= 4 is 5.91 Å². The molecule has 100 valence electrons. The van der Waals surface area contributed by atoms with Gasteiger partial charge in [0.05, 0.1) is 5.60 Å². The molecule has 0 spiro atoms. The van der Waals surface area contributed by atoms with Crippen molar-refractivity contribution in [1.29, 1.82) is 0 Å². The first kappa shape index (κ1) is 14.5. The van der Waals surface area contributed by atoms with Crippen LogP contribution in [0.4, 0.5) is 0 Å². The molecule has 0 aromatic carbocycles. The van der Waals surface area contributed by atoms with Gasteiger partial charge in [-0.1, -0.05) is 0 Å². The number of hydrogen-bond acceptors (Lipinski definition) is 3. The summed E-state index contributed by atoms with van der Waals surface area (Å²) in [5, 5.41) is 0. The first-order valence-electron chi connectivity index (χ1n) is 6.33. The molecular formula is C13H25NO3. The van der Waals surface area contributed by atoms with Gasteiger partial charge in [0.15, 0.2) is 0 Å². The third-order valence-electron chi connectivity index (χ3n) is 3.00. The molecule has 0 aliphatic carbocycles. The smallest absolute Gasteiger partial charge is 0.248 e. The van der Waals surface area contributed by atoms with Crippen LogP contribution in [0.1, 0.15) is 33.6 Å². The minimum atomic E-state index is -0.246. The topological polar surface area (TPSA) is 38.8 Å². The lowest BCUT2D eigenvalue weighted by molar-refractivity contribution is -0.142. The molecule has 0 N–H and O–H groups in total. The third kappa shape index (κ3) is 5.50. The van der Waals surface area contributed by atoms with Crippen LogP contribution in [0.2, 0.25) is 0 Å². The number of hydrogen-bond donors (Lipinski definition) is 0. The van der Waals surface area contributed by atoms with Crippen LogP contribution in [0.15, 0.2) is 0 Å². The van der Waals surface area contributed by atoms with Crippen LogP contribution in [-0.4, -0.2) is 49.8 Å². The molecule has 1 saturated heterocycles. The van der Waals surface area contributed by atoms with Gasteiger partial charge in [0, 0.05) is 26.8 Å². The summed E-state index contributed by atoms with van der Waals surface area (Å²) in [6.07, 6.45) is 2.07. The first-order chi connectivity index (χ1) is 7.92. The van der Waals surface area contributed by atoms with Gasteiger partial charge in [0.2, 0.25) is 5.91 Å². The van der Waals surface area contributed by atoms with Gasteiger partial charge in [-0.05, 0) is 39.5 Å². The van der Waals surface area contributed by atoms with Gasteiger partial charge in [-0.3, -0.25) is 4.79 Å². The molecule has 1 heterocycles. The average molecular weight is 243 g/mol. The number of piperidine rings is 1. The van der Waals surface area contributed by atoms with Crippen molar-refractivity contribution in [1.82, 2.24) is 4.90 Å². The number of carbonyl (C=O) groups is 1. The zero-order valence-electron chi connectivity index (χ0n) is 11.5. The van der Waals surface area contributed by atoms with E-state index in [4.69, 9.17) is 9.47 Å². The number of nitrogens with zero attached hydrogens (tertiary/aromatic N) is 1. The fourth-order valence-corrected chi connectivity index (χ4v) is 1.95. The summed E-state index contributed by atoms with van der Waals surface area (Å²) in [5.41, 5.74) is -0.246. The Hall–Kier alpha value is -0.610. The Morgan fingerprint density at radius 1 is 1.29 bits per heavy atom. The number of carbonyl (C=O) groups excluding carboxylic acids is 1. The minimum absolute atomic E-state index is 0.107. The average Bonchev–Trinajstić information content (AvgIpc) is 2.26. The molecule has 4 heteroatoms. The van der Waals surface area contributed by atoms with E-state index >= 15 is 0 Å². The summed E-state index contributed by atoms with van der Waals surface area (Å²) < 4.78 is 10.6. The molecule has 0 unspecified atom stereocenters. The van der Waals surface area contributed by atoms with Crippen molar-refractivity contribution in [2.75, 3.05) is 33.4 Å². The first-order valence-corrected chi connectivity index (χ1v) is 6.33. The Morgan fingerprint density at radius 3 is 2.35 bits per heavy atom. The van der Waals surface area contributed by atoms with E-state index in [1.807, 2.05) is 25.7 Å². The van der Waals surface area contributed by atoms with Crippen LogP contribution in [0.25, 0.3) is 0 Å². The third-order valence-corrected chi connectivity index (χ3v) is 3.00. The van der Waals surface area contributed by atoms with E-state index < -0.39 is 0 Å². The van der Waals surface area contributed by atoms with Crippen LogP contribution >= 0.6 is 0 Å². The maximum atomic E-state index is 11.9. The van der Waals surface area contributed by atoms with Crippen molar-refractivity contribution < 1.29 is 14.3 Å². The predicted molar refractivity (Wildman–Crippen MR) is 66.9 cm³/mol. The molecule has 0 aromatic rings. The molecule has 1 aliphatic rings. The summed E-state index contributed by atoms with van der Waals surface area (Å²) in [7, 11) is 1.73. The Kier molecular flexibility index (Phi) is 5.40. The number of methoxy groups -OCH3 is 1. The van der Waals surface area contributed by atoms with Gasteiger partial charge in [-0.15, -0.1) is 0 Å². The molecule has 0 bridgehead atoms. The number of likely N-dealkylation sites (tertiary alicyclic amines) is 1. The normalized spacial score (nSPS) is 18.5. The summed E-state index contributed by atoms with van der Waals surface area (Å²) in [6.45, 7) is 8.56. The van der Waals surface area contributed by atoms with Gasteiger partial charge in [0.1, 0.15) is 6.61 Å².